The van der Waals surface area contributed by atoms with Crippen LogP contribution in [0.15, 0.2) is 18.2 Å². The number of carbonyl (C=O) groups is 1. The lowest BCUT2D eigenvalue weighted by molar-refractivity contribution is 0.00886. The molecule has 1 rings (SSSR count). The molecule has 0 heterocycles. The topological polar surface area (TPSA) is 47.6 Å². The summed E-state index contributed by atoms with van der Waals surface area (Å²) in [5.74, 6) is -2.73. The van der Waals surface area contributed by atoms with Crippen LogP contribution in [0.25, 0.3) is 0 Å². The molecule has 0 aliphatic heterocycles. The summed E-state index contributed by atoms with van der Waals surface area (Å²) in [5, 5.41) is 0. The Morgan fingerprint density at radius 3 is 2.69 bits per heavy atom. The monoisotopic (exact) mass is 231 g/mol. The van der Waals surface area contributed by atoms with Gasteiger partial charge in [-0.25, -0.2) is 14.3 Å². The molecule has 1 aromatic carbocycles. The number of carbonyl (C=O) groups excluding carboxylic acids is 1. The van der Waals surface area contributed by atoms with Crippen LogP contribution in [0.2, 0.25) is 0 Å². The zero-order valence-corrected chi connectivity index (χ0v) is 8.63. The van der Waals surface area contributed by atoms with Crippen LogP contribution in [0.4, 0.5) is 8.78 Å². The molecule has 0 aliphatic rings. The third-order valence-corrected chi connectivity index (χ3v) is 1.74. The minimum atomic E-state index is -1.08. The van der Waals surface area contributed by atoms with Crippen LogP contribution in [0.1, 0.15) is 10.4 Å². The number of halogens is 2. The summed E-state index contributed by atoms with van der Waals surface area (Å²) >= 11 is 0. The molecule has 0 bridgehead atoms. The van der Waals surface area contributed by atoms with E-state index in [1.165, 1.54) is 7.11 Å². The molecule has 88 valence electrons. The van der Waals surface area contributed by atoms with Crippen molar-refractivity contribution in [3.8, 4) is 0 Å². The highest BCUT2D eigenvalue weighted by atomic mass is 19.2. The molecule has 1 amide bonds. The van der Waals surface area contributed by atoms with Crippen LogP contribution in [-0.4, -0.2) is 26.2 Å². The molecule has 0 saturated carbocycles. The number of amides is 1. The number of benzene rings is 1. The quantitative estimate of drug-likeness (QED) is 0.613. The maximum Gasteiger partial charge on any atom is 0.274 e. The second-order valence-corrected chi connectivity index (χ2v) is 2.90. The molecule has 6 heteroatoms. The fourth-order valence-electron chi connectivity index (χ4n) is 0.938. The molecule has 0 aliphatic carbocycles. The van der Waals surface area contributed by atoms with E-state index in [0.29, 0.717) is 6.61 Å². The number of hydrogen-bond donors (Lipinski definition) is 1. The van der Waals surface area contributed by atoms with Gasteiger partial charge in [0.25, 0.3) is 5.91 Å². The molecule has 1 aromatic rings. The Bertz CT molecular complexity index is 371. The molecule has 0 fully saturated rings. The van der Waals surface area contributed by atoms with Gasteiger partial charge in [0, 0.05) is 12.7 Å². The third-order valence-electron chi connectivity index (χ3n) is 1.74. The summed E-state index contributed by atoms with van der Waals surface area (Å²) < 4.78 is 30.0. The lowest BCUT2D eigenvalue weighted by Crippen LogP contribution is -2.25. The van der Waals surface area contributed by atoms with Crippen molar-refractivity contribution in [2.24, 2.45) is 0 Å². The standard InChI is InChI=1S/C10H11F2NO3/c1-15-4-5-16-13-10(14)7-2-3-8(11)9(12)6-7/h2-3,6H,4-5H2,1H3,(H,13,14). The van der Waals surface area contributed by atoms with Gasteiger partial charge in [-0.1, -0.05) is 0 Å². The lowest BCUT2D eigenvalue weighted by atomic mass is 10.2. The van der Waals surface area contributed by atoms with Crippen LogP contribution in [0.3, 0.4) is 0 Å². The van der Waals surface area contributed by atoms with E-state index in [4.69, 9.17) is 4.84 Å². The SMILES string of the molecule is COCCONC(=O)c1ccc(F)c(F)c1. The average Bonchev–Trinajstić information content (AvgIpc) is 2.28. The summed E-state index contributed by atoms with van der Waals surface area (Å²) in [6.45, 7) is 0.490. The zero-order valence-electron chi connectivity index (χ0n) is 8.63. The first-order chi connectivity index (χ1) is 7.65. The minimum absolute atomic E-state index is 0.0173. The normalized spacial score (nSPS) is 10.2. The molecule has 0 aromatic heterocycles. The van der Waals surface area contributed by atoms with Crippen molar-refractivity contribution in [2.45, 2.75) is 0 Å². The number of hydroxylamine groups is 1. The van der Waals surface area contributed by atoms with Crippen LogP contribution < -0.4 is 5.48 Å². The average molecular weight is 231 g/mol. The smallest absolute Gasteiger partial charge is 0.274 e. The first-order valence-electron chi connectivity index (χ1n) is 4.51. The van der Waals surface area contributed by atoms with E-state index < -0.39 is 17.5 Å². The van der Waals surface area contributed by atoms with Gasteiger partial charge in [0.2, 0.25) is 0 Å². The number of hydrogen-bond acceptors (Lipinski definition) is 3. The van der Waals surface area contributed by atoms with Crippen molar-refractivity contribution in [3.05, 3.63) is 35.4 Å². The fourth-order valence-corrected chi connectivity index (χ4v) is 0.938. The maximum atomic E-state index is 12.8. The Labute approximate surface area is 91.1 Å². The highest BCUT2D eigenvalue weighted by Crippen LogP contribution is 2.08. The first-order valence-corrected chi connectivity index (χ1v) is 4.51. The van der Waals surface area contributed by atoms with Gasteiger partial charge >= 0.3 is 0 Å². The molecule has 4 nitrogen and oxygen atoms in total. The molecule has 0 spiro atoms. The predicted molar refractivity (Wildman–Crippen MR) is 51.7 cm³/mol. The zero-order chi connectivity index (χ0) is 12.0. The van der Waals surface area contributed by atoms with Gasteiger partial charge in [-0.15, -0.1) is 0 Å². The Hall–Kier alpha value is -1.53. The molecule has 0 saturated heterocycles. The van der Waals surface area contributed by atoms with Crippen molar-refractivity contribution < 1.29 is 23.1 Å². The number of nitrogens with one attached hydrogen (secondary N) is 1. The minimum Gasteiger partial charge on any atom is -0.382 e. The third kappa shape index (κ3) is 3.56. The van der Waals surface area contributed by atoms with E-state index in [1.54, 1.807) is 0 Å². The molecule has 16 heavy (non-hydrogen) atoms. The molecule has 0 unspecified atom stereocenters. The fraction of sp³-hybridized carbons (Fsp3) is 0.300. The van der Waals surface area contributed by atoms with Gasteiger partial charge in [-0.3, -0.25) is 9.63 Å². The van der Waals surface area contributed by atoms with Gasteiger partial charge in [0.05, 0.1) is 13.2 Å². The Kier molecular flexibility index (Phi) is 4.81. The van der Waals surface area contributed by atoms with E-state index in [9.17, 15) is 13.6 Å². The van der Waals surface area contributed by atoms with Gasteiger partial charge in [0.15, 0.2) is 11.6 Å². The van der Waals surface area contributed by atoms with Gasteiger partial charge in [-0.2, -0.15) is 0 Å². The Morgan fingerprint density at radius 1 is 1.31 bits per heavy atom. The predicted octanol–water partition coefficient (Wildman–Crippen LogP) is 1.27. The molecule has 0 radical (unpaired) electrons. The van der Waals surface area contributed by atoms with Crippen molar-refractivity contribution in [1.82, 2.24) is 5.48 Å². The highest BCUT2D eigenvalue weighted by Gasteiger charge is 2.09. The number of ether oxygens (including phenoxy) is 1. The van der Waals surface area contributed by atoms with Crippen molar-refractivity contribution in [1.29, 1.82) is 0 Å². The van der Waals surface area contributed by atoms with Crippen LogP contribution in [0.5, 0.6) is 0 Å². The largest absolute Gasteiger partial charge is 0.382 e. The van der Waals surface area contributed by atoms with Gasteiger partial charge in [-0.05, 0) is 18.2 Å². The summed E-state index contributed by atoms with van der Waals surface area (Å²) in [7, 11) is 1.49. The molecule has 0 atom stereocenters. The van der Waals surface area contributed by atoms with Crippen molar-refractivity contribution in [2.75, 3.05) is 20.3 Å². The summed E-state index contributed by atoms with van der Waals surface area (Å²) in [4.78, 5) is 16.0. The number of methoxy groups -OCH3 is 1. The van der Waals surface area contributed by atoms with Crippen LogP contribution in [-0.2, 0) is 9.57 Å². The first kappa shape index (κ1) is 12.5. The van der Waals surface area contributed by atoms with E-state index in [2.05, 4.69) is 10.2 Å². The second-order valence-electron chi connectivity index (χ2n) is 2.90. The second kappa shape index (κ2) is 6.14. The van der Waals surface area contributed by atoms with E-state index in [-0.39, 0.29) is 12.2 Å². The summed E-state index contributed by atoms with van der Waals surface area (Å²) in [5.41, 5.74) is 2.06. The van der Waals surface area contributed by atoms with Crippen LogP contribution >= 0.6 is 0 Å². The Balaban J connectivity index is 2.50. The maximum absolute atomic E-state index is 12.8. The lowest BCUT2D eigenvalue weighted by Gasteiger charge is -2.05. The number of rotatable bonds is 5. The van der Waals surface area contributed by atoms with E-state index >= 15 is 0 Å². The summed E-state index contributed by atoms with van der Waals surface area (Å²) in [6.07, 6.45) is 0. The van der Waals surface area contributed by atoms with Gasteiger partial charge in [0.1, 0.15) is 0 Å². The van der Waals surface area contributed by atoms with Crippen molar-refractivity contribution >= 4 is 5.91 Å². The van der Waals surface area contributed by atoms with Gasteiger partial charge < -0.3 is 4.74 Å². The molecular weight excluding hydrogens is 220 g/mol. The highest BCUT2D eigenvalue weighted by molar-refractivity contribution is 5.93. The van der Waals surface area contributed by atoms with Crippen LogP contribution in [0, 0.1) is 11.6 Å². The molecular formula is C10H11F2NO3. The molecule has 1 N–H and O–H groups in total. The van der Waals surface area contributed by atoms with Crippen molar-refractivity contribution in [3.63, 3.8) is 0 Å². The van der Waals surface area contributed by atoms with E-state index in [0.717, 1.165) is 18.2 Å². The summed E-state index contributed by atoms with van der Waals surface area (Å²) in [6, 6.07) is 2.83. The Morgan fingerprint density at radius 2 is 2.06 bits per heavy atom. The van der Waals surface area contributed by atoms with E-state index in [1.807, 2.05) is 0 Å².